The average molecular weight is 697 g/mol. The number of ether oxygens (including phenoxy) is 4. The minimum atomic E-state index is -1.20. The summed E-state index contributed by atoms with van der Waals surface area (Å²) in [7, 11) is 1.47. The van der Waals surface area contributed by atoms with E-state index < -0.39 is 24.2 Å². The lowest BCUT2D eigenvalue weighted by Gasteiger charge is -2.41. The Morgan fingerprint density at radius 1 is 1.14 bits per heavy atom. The number of rotatable bonds is 13. The SMILES string of the molecule is CCCCC(=O)N(Cc1ccc2c(c1)OCO2)C1CC(C(=O)NCCO)=CC(Oc2c(I)cc(CO)cc2OC)C1O. The lowest BCUT2D eigenvalue weighted by atomic mass is 9.87. The van der Waals surface area contributed by atoms with Gasteiger partial charge in [-0.25, -0.2) is 0 Å². The van der Waals surface area contributed by atoms with E-state index in [0.717, 1.165) is 12.0 Å². The molecule has 0 aromatic heterocycles. The molecule has 0 bridgehead atoms. The highest BCUT2D eigenvalue weighted by molar-refractivity contribution is 14.1. The molecule has 11 nitrogen and oxygen atoms in total. The number of amides is 2. The normalized spacial score (nSPS) is 19.2. The molecule has 4 N–H and O–H groups in total. The first-order valence-corrected chi connectivity index (χ1v) is 15.0. The number of aliphatic hydroxyl groups is 3. The van der Waals surface area contributed by atoms with Gasteiger partial charge in [-0.3, -0.25) is 9.59 Å². The summed E-state index contributed by atoms with van der Waals surface area (Å²) >= 11 is 2.06. The summed E-state index contributed by atoms with van der Waals surface area (Å²) in [6, 6.07) is 8.02. The summed E-state index contributed by atoms with van der Waals surface area (Å²) in [5, 5.41) is 33.3. The summed E-state index contributed by atoms with van der Waals surface area (Å²) in [5.41, 5.74) is 1.73. The van der Waals surface area contributed by atoms with Crippen molar-refractivity contribution in [2.75, 3.05) is 27.1 Å². The predicted molar refractivity (Wildman–Crippen MR) is 161 cm³/mol. The van der Waals surface area contributed by atoms with Crippen molar-refractivity contribution in [3.8, 4) is 23.0 Å². The molecule has 42 heavy (non-hydrogen) atoms. The van der Waals surface area contributed by atoms with Crippen LogP contribution in [0.5, 0.6) is 23.0 Å². The van der Waals surface area contributed by atoms with Gasteiger partial charge in [0, 0.05) is 31.5 Å². The molecule has 0 fully saturated rings. The Bertz CT molecular complexity index is 1300. The standard InChI is InChI=1S/C30H37IN2O9/c1-3-4-5-27(36)33(15-18-6-7-23-24(11-18)41-17-40-23)22-13-20(30(38)32-8-9-34)14-25(28(22)37)42-29-21(31)10-19(16-35)12-26(29)39-2/h6-7,10-12,14,22,25,28,34-35,37H,3-5,8-9,13,15-17H2,1-2H3,(H,32,38). The molecule has 12 heteroatoms. The van der Waals surface area contributed by atoms with E-state index in [0.29, 0.717) is 44.1 Å². The van der Waals surface area contributed by atoms with Gasteiger partial charge < -0.3 is 44.5 Å². The molecule has 0 saturated heterocycles. The van der Waals surface area contributed by atoms with Gasteiger partial charge in [-0.1, -0.05) is 19.4 Å². The number of unbranched alkanes of at least 4 members (excludes halogenated alkanes) is 1. The molecule has 2 amide bonds. The van der Waals surface area contributed by atoms with Crippen LogP contribution in [0.25, 0.3) is 0 Å². The van der Waals surface area contributed by atoms with Gasteiger partial charge in [-0.05, 0) is 70.5 Å². The summed E-state index contributed by atoms with van der Waals surface area (Å²) < 4.78 is 23.4. The number of carbonyl (C=O) groups excluding carboxylic acids is 2. The number of hydrogen-bond acceptors (Lipinski definition) is 9. The highest BCUT2D eigenvalue weighted by Gasteiger charge is 2.41. The number of fused-ring (bicyclic) bond motifs is 1. The van der Waals surface area contributed by atoms with E-state index in [2.05, 4.69) is 27.9 Å². The van der Waals surface area contributed by atoms with Gasteiger partial charge in [0.25, 0.3) is 0 Å². The van der Waals surface area contributed by atoms with Gasteiger partial charge in [0.2, 0.25) is 18.6 Å². The molecule has 2 aliphatic rings. The van der Waals surface area contributed by atoms with Crippen molar-refractivity contribution < 1.29 is 43.9 Å². The monoisotopic (exact) mass is 696 g/mol. The topological polar surface area (TPSA) is 147 Å². The van der Waals surface area contributed by atoms with Gasteiger partial charge in [0.05, 0.1) is 29.9 Å². The zero-order chi connectivity index (χ0) is 30.2. The third-order valence-electron chi connectivity index (χ3n) is 7.19. The summed E-state index contributed by atoms with van der Waals surface area (Å²) in [5.74, 6) is 1.32. The Kier molecular flexibility index (Phi) is 11.3. The van der Waals surface area contributed by atoms with Crippen molar-refractivity contribution in [3.05, 3.63) is 56.7 Å². The molecule has 0 spiro atoms. The minimum absolute atomic E-state index is 0.0552. The zero-order valence-electron chi connectivity index (χ0n) is 23.7. The first-order chi connectivity index (χ1) is 20.3. The van der Waals surface area contributed by atoms with Crippen molar-refractivity contribution in [2.24, 2.45) is 0 Å². The Morgan fingerprint density at radius 2 is 1.93 bits per heavy atom. The van der Waals surface area contributed by atoms with E-state index in [9.17, 15) is 24.9 Å². The van der Waals surface area contributed by atoms with Crippen LogP contribution in [-0.2, 0) is 22.7 Å². The molecule has 228 valence electrons. The van der Waals surface area contributed by atoms with Gasteiger partial charge in [0.1, 0.15) is 12.2 Å². The molecule has 3 unspecified atom stereocenters. The summed E-state index contributed by atoms with van der Waals surface area (Å²) in [6.45, 7) is 1.92. The van der Waals surface area contributed by atoms with Gasteiger partial charge in [-0.15, -0.1) is 0 Å². The number of nitrogens with zero attached hydrogens (tertiary/aromatic N) is 1. The molecule has 1 aliphatic carbocycles. The second-order valence-corrected chi connectivity index (χ2v) is 11.3. The van der Waals surface area contributed by atoms with Crippen LogP contribution in [0.3, 0.4) is 0 Å². The van der Waals surface area contributed by atoms with Crippen LogP contribution in [0.15, 0.2) is 42.0 Å². The van der Waals surface area contributed by atoms with E-state index in [1.54, 1.807) is 29.2 Å². The van der Waals surface area contributed by atoms with Crippen LogP contribution >= 0.6 is 22.6 Å². The van der Waals surface area contributed by atoms with E-state index >= 15 is 0 Å². The third kappa shape index (κ3) is 7.46. The number of halogens is 1. The number of hydrogen-bond donors (Lipinski definition) is 4. The molecule has 2 aromatic rings. The maximum absolute atomic E-state index is 13.6. The smallest absolute Gasteiger partial charge is 0.247 e. The van der Waals surface area contributed by atoms with Crippen molar-refractivity contribution in [1.29, 1.82) is 0 Å². The second-order valence-electron chi connectivity index (χ2n) is 10.1. The number of carbonyl (C=O) groups is 2. The molecule has 1 heterocycles. The zero-order valence-corrected chi connectivity index (χ0v) is 25.8. The lowest BCUT2D eigenvalue weighted by Crippen LogP contribution is -2.54. The quantitative estimate of drug-likeness (QED) is 0.232. The number of methoxy groups -OCH3 is 1. The second kappa shape index (κ2) is 14.9. The molecule has 0 saturated carbocycles. The number of benzene rings is 2. The molecular formula is C30H37IN2O9. The predicted octanol–water partition coefficient (Wildman–Crippen LogP) is 2.66. The maximum atomic E-state index is 13.6. The first kappa shape index (κ1) is 31.9. The Labute approximate surface area is 258 Å². The number of aliphatic hydroxyl groups excluding tert-OH is 3. The Hall–Kier alpha value is -3.07. The van der Waals surface area contributed by atoms with Crippen LogP contribution in [0.2, 0.25) is 0 Å². The molecule has 3 atom stereocenters. The average Bonchev–Trinajstić information content (AvgIpc) is 3.47. The van der Waals surface area contributed by atoms with Crippen molar-refractivity contribution in [2.45, 2.75) is 64.0 Å². The van der Waals surface area contributed by atoms with Crippen molar-refractivity contribution >= 4 is 34.4 Å². The van der Waals surface area contributed by atoms with Gasteiger partial charge in [0.15, 0.2) is 23.0 Å². The fourth-order valence-corrected chi connectivity index (χ4v) is 5.79. The van der Waals surface area contributed by atoms with E-state index in [-0.39, 0.29) is 51.8 Å². The van der Waals surface area contributed by atoms with Crippen molar-refractivity contribution in [3.63, 3.8) is 0 Å². The molecule has 0 radical (unpaired) electrons. The van der Waals surface area contributed by atoms with E-state index in [1.165, 1.54) is 7.11 Å². The molecule has 1 aliphatic heterocycles. The molecular weight excluding hydrogens is 659 g/mol. The number of nitrogens with one attached hydrogen (secondary N) is 1. The fraction of sp³-hybridized carbons (Fsp3) is 0.467. The maximum Gasteiger partial charge on any atom is 0.247 e. The van der Waals surface area contributed by atoms with Crippen LogP contribution in [0.4, 0.5) is 0 Å². The lowest BCUT2D eigenvalue weighted by molar-refractivity contribution is -0.139. The van der Waals surface area contributed by atoms with Crippen LogP contribution < -0.4 is 24.3 Å². The van der Waals surface area contributed by atoms with Crippen LogP contribution in [-0.4, -0.2) is 77.3 Å². The Morgan fingerprint density at radius 3 is 2.64 bits per heavy atom. The summed E-state index contributed by atoms with van der Waals surface area (Å²) in [6.07, 6.45) is 1.19. The highest BCUT2D eigenvalue weighted by Crippen LogP contribution is 2.38. The summed E-state index contributed by atoms with van der Waals surface area (Å²) in [4.78, 5) is 28.4. The molecule has 4 rings (SSSR count). The van der Waals surface area contributed by atoms with E-state index in [4.69, 9.17) is 18.9 Å². The largest absolute Gasteiger partial charge is 0.493 e. The minimum Gasteiger partial charge on any atom is -0.493 e. The fourth-order valence-electron chi connectivity index (χ4n) is 4.99. The van der Waals surface area contributed by atoms with Crippen LogP contribution in [0.1, 0.15) is 43.7 Å². The molecule has 2 aromatic carbocycles. The van der Waals surface area contributed by atoms with Gasteiger partial charge in [-0.2, -0.15) is 0 Å². The first-order valence-electron chi connectivity index (χ1n) is 13.9. The highest BCUT2D eigenvalue weighted by atomic mass is 127. The van der Waals surface area contributed by atoms with Crippen molar-refractivity contribution in [1.82, 2.24) is 10.2 Å². The van der Waals surface area contributed by atoms with Gasteiger partial charge >= 0.3 is 0 Å². The Balaban J connectivity index is 1.71. The van der Waals surface area contributed by atoms with Crippen LogP contribution in [0, 0.1) is 3.57 Å². The van der Waals surface area contributed by atoms with E-state index in [1.807, 2.05) is 19.1 Å². The third-order valence-corrected chi connectivity index (χ3v) is 8.00.